The van der Waals surface area contributed by atoms with Gasteiger partial charge in [-0.2, -0.15) is 0 Å². The normalized spacial score (nSPS) is 20.7. The molecule has 3 rings (SSSR count). The summed E-state index contributed by atoms with van der Waals surface area (Å²) in [4.78, 5) is 25.2. The van der Waals surface area contributed by atoms with E-state index in [0.717, 1.165) is 25.7 Å². The smallest absolute Gasteiger partial charge is 0.338 e. The number of nitrogens with one attached hydrogen (secondary N) is 2. The highest BCUT2D eigenvalue weighted by atomic mass is 16.5. The van der Waals surface area contributed by atoms with Crippen molar-refractivity contribution in [2.75, 3.05) is 14.2 Å². The van der Waals surface area contributed by atoms with E-state index in [-0.39, 0.29) is 12.1 Å². The van der Waals surface area contributed by atoms with E-state index in [0.29, 0.717) is 28.3 Å². The lowest BCUT2D eigenvalue weighted by atomic mass is 9.94. The van der Waals surface area contributed by atoms with Crippen LogP contribution in [0.1, 0.15) is 57.1 Å². The lowest BCUT2D eigenvalue weighted by Crippen LogP contribution is -2.45. The number of carbonyl (C=O) groups excluding carboxylic acids is 2. The molecule has 1 fully saturated rings. The molecule has 0 radical (unpaired) electrons. The maximum Gasteiger partial charge on any atom is 0.338 e. The number of esters is 1. The zero-order valence-electron chi connectivity index (χ0n) is 16.7. The Balaban J connectivity index is 1.94. The lowest BCUT2D eigenvalue weighted by molar-refractivity contribution is -0.145. The predicted octanol–water partition coefficient (Wildman–Crippen LogP) is 3.60. The molecule has 0 unspecified atom stereocenters. The van der Waals surface area contributed by atoms with Crippen molar-refractivity contribution >= 4 is 12.0 Å². The third-order valence-electron chi connectivity index (χ3n) is 5.31. The van der Waals surface area contributed by atoms with Gasteiger partial charge in [0.2, 0.25) is 0 Å². The van der Waals surface area contributed by atoms with Crippen molar-refractivity contribution in [1.82, 2.24) is 10.6 Å². The van der Waals surface area contributed by atoms with Crippen molar-refractivity contribution in [1.29, 1.82) is 0 Å². The zero-order chi connectivity index (χ0) is 20.1. The van der Waals surface area contributed by atoms with E-state index in [1.54, 1.807) is 26.2 Å². The molecule has 7 heteroatoms. The molecule has 1 atom stereocenters. The molecular formula is C21H28N2O5. The van der Waals surface area contributed by atoms with Crippen LogP contribution in [-0.4, -0.2) is 32.3 Å². The van der Waals surface area contributed by atoms with Crippen LogP contribution in [0, 0.1) is 0 Å². The van der Waals surface area contributed by atoms with E-state index in [1.807, 2.05) is 6.07 Å². The number of ether oxygens (including phenoxy) is 3. The van der Waals surface area contributed by atoms with Gasteiger partial charge in [-0.3, -0.25) is 0 Å². The summed E-state index contributed by atoms with van der Waals surface area (Å²) in [6.45, 7) is 1.71. The molecule has 1 aromatic rings. The third-order valence-corrected chi connectivity index (χ3v) is 5.31. The Morgan fingerprint density at radius 1 is 1.07 bits per heavy atom. The number of allylic oxidation sites excluding steroid dienone is 1. The first-order valence-electron chi connectivity index (χ1n) is 9.75. The van der Waals surface area contributed by atoms with Gasteiger partial charge in [-0.15, -0.1) is 0 Å². The van der Waals surface area contributed by atoms with Gasteiger partial charge in [0.05, 0.1) is 25.8 Å². The summed E-state index contributed by atoms with van der Waals surface area (Å²) in [6.07, 6.45) is 6.17. The van der Waals surface area contributed by atoms with Crippen LogP contribution in [0.3, 0.4) is 0 Å². The molecule has 0 spiro atoms. The van der Waals surface area contributed by atoms with Gasteiger partial charge in [0.15, 0.2) is 11.5 Å². The van der Waals surface area contributed by atoms with Gasteiger partial charge in [-0.25, -0.2) is 9.59 Å². The first-order valence-corrected chi connectivity index (χ1v) is 9.75. The van der Waals surface area contributed by atoms with Gasteiger partial charge in [-0.1, -0.05) is 25.0 Å². The molecule has 2 amide bonds. The first-order chi connectivity index (χ1) is 13.5. The number of methoxy groups -OCH3 is 2. The molecule has 7 nitrogen and oxygen atoms in total. The number of para-hydroxylation sites is 1. The monoisotopic (exact) mass is 388 g/mol. The Morgan fingerprint density at radius 3 is 2.43 bits per heavy atom. The molecule has 1 aliphatic carbocycles. The van der Waals surface area contributed by atoms with Gasteiger partial charge in [-0.05, 0) is 38.7 Å². The fourth-order valence-corrected chi connectivity index (χ4v) is 3.91. The number of hydrogen-bond donors (Lipinski definition) is 2. The van der Waals surface area contributed by atoms with Crippen LogP contribution < -0.4 is 20.1 Å². The van der Waals surface area contributed by atoms with E-state index < -0.39 is 12.0 Å². The summed E-state index contributed by atoms with van der Waals surface area (Å²) in [5.74, 6) is 0.596. The van der Waals surface area contributed by atoms with E-state index in [4.69, 9.17) is 14.2 Å². The van der Waals surface area contributed by atoms with Crippen LogP contribution in [0.5, 0.6) is 11.5 Å². The summed E-state index contributed by atoms with van der Waals surface area (Å²) in [7, 11) is 3.08. The molecule has 1 saturated carbocycles. The highest BCUT2D eigenvalue weighted by molar-refractivity contribution is 5.95. The van der Waals surface area contributed by atoms with Gasteiger partial charge in [0, 0.05) is 11.3 Å². The molecule has 152 valence electrons. The number of amides is 2. The number of rotatable bonds is 5. The maximum absolute atomic E-state index is 13.1. The van der Waals surface area contributed by atoms with Crippen LogP contribution in [0.25, 0.3) is 0 Å². The Morgan fingerprint density at radius 2 is 1.79 bits per heavy atom. The molecule has 0 aromatic heterocycles. The summed E-state index contributed by atoms with van der Waals surface area (Å²) in [6, 6.07) is 4.32. The Labute approximate surface area is 165 Å². The minimum atomic E-state index is -0.683. The average molecular weight is 388 g/mol. The van der Waals surface area contributed by atoms with Crippen molar-refractivity contribution in [3.05, 3.63) is 35.0 Å². The second-order valence-electron chi connectivity index (χ2n) is 7.17. The largest absolute Gasteiger partial charge is 0.493 e. The van der Waals surface area contributed by atoms with E-state index >= 15 is 0 Å². The van der Waals surface area contributed by atoms with Gasteiger partial charge in [0.1, 0.15) is 6.10 Å². The highest BCUT2D eigenvalue weighted by Crippen LogP contribution is 2.39. The van der Waals surface area contributed by atoms with Crippen LogP contribution >= 0.6 is 0 Å². The Kier molecular flexibility index (Phi) is 6.44. The molecule has 28 heavy (non-hydrogen) atoms. The Bertz CT molecular complexity index is 766. The summed E-state index contributed by atoms with van der Waals surface area (Å²) in [5.41, 5.74) is 1.51. The fraction of sp³-hybridized carbons (Fsp3) is 0.524. The Hall–Kier alpha value is -2.70. The van der Waals surface area contributed by atoms with Gasteiger partial charge in [0.25, 0.3) is 0 Å². The van der Waals surface area contributed by atoms with Gasteiger partial charge >= 0.3 is 12.0 Å². The van der Waals surface area contributed by atoms with Crippen LogP contribution in [0.4, 0.5) is 4.79 Å². The van der Waals surface area contributed by atoms with Crippen LogP contribution in [0.15, 0.2) is 29.5 Å². The highest BCUT2D eigenvalue weighted by Gasteiger charge is 2.35. The summed E-state index contributed by atoms with van der Waals surface area (Å²) >= 11 is 0. The van der Waals surface area contributed by atoms with E-state index in [9.17, 15) is 9.59 Å². The number of carbonyl (C=O) groups is 2. The first kappa shape index (κ1) is 20.0. The third kappa shape index (κ3) is 4.24. The second-order valence-corrected chi connectivity index (χ2v) is 7.17. The van der Waals surface area contributed by atoms with Crippen molar-refractivity contribution in [3.63, 3.8) is 0 Å². The summed E-state index contributed by atoms with van der Waals surface area (Å²) < 4.78 is 16.7. The molecule has 0 bridgehead atoms. The average Bonchev–Trinajstić information content (AvgIpc) is 2.95. The lowest BCUT2D eigenvalue weighted by Gasteiger charge is -2.30. The van der Waals surface area contributed by atoms with Gasteiger partial charge < -0.3 is 24.8 Å². The van der Waals surface area contributed by atoms with Crippen molar-refractivity contribution in [2.45, 2.75) is 57.6 Å². The van der Waals surface area contributed by atoms with Crippen molar-refractivity contribution in [3.8, 4) is 11.5 Å². The quantitative estimate of drug-likeness (QED) is 0.595. The number of benzene rings is 1. The number of hydrogen-bond acceptors (Lipinski definition) is 5. The van der Waals surface area contributed by atoms with Crippen molar-refractivity contribution < 1.29 is 23.8 Å². The zero-order valence-corrected chi connectivity index (χ0v) is 16.7. The van der Waals surface area contributed by atoms with Crippen LogP contribution in [-0.2, 0) is 9.53 Å². The predicted molar refractivity (Wildman–Crippen MR) is 104 cm³/mol. The van der Waals surface area contributed by atoms with Crippen molar-refractivity contribution in [2.24, 2.45) is 0 Å². The van der Waals surface area contributed by atoms with E-state index in [1.165, 1.54) is 20.0 Å². The SMILES string of the molecule is COc1cccc([C@@H]2NC(=O)NC(C)=C2C(=O)OC2CCCCCC2)c1OC. The molecule has 1 aromatic carbocycles. The standard InChI is InChI=1S/C21H28N2O5/c1-13-17(20(24)28-14-9-6-4-5-7-10-14)18(23-21(25)22-13)15-11-8-12-16(26-2)19(15)27-3/h8,11-12,14,18H,4-7,9-10H2,1-3H3,(H2,22,23,25)/t18-/m0/s1. The second kappa shape index (κ2) is 8.99. The summed E-state index contributed by atoms with van der Waals surface area (Å²) in [5, 5.41) is 5.51. The molecule has 2 N–H and O–H groups in total. The maximum atomic E-state index is 13.1. The molecular weight excluding hydrogens is 360 g/mol. The minimum Gasteiger partial charge on any atom is -0.493 e. The van der Waals surface area contributed by atoms with E-state index in [2.05, 4.69) is 10.6 Å². The molecule has 1 aliphatic heterocycles. The number of urea groups is 1. The molecule has 0 saturated heterocycles. The fourth-order valence-electron chi connectivity index (χ4n) is 3.91. The van der Waals surface area contributed by atoms with Crippen LogP contribution in [0.2, 0.25) is 0 Å². The molecule has 1 heterocycles. The topological polar surface area (TPSA) is 85.9 Å². The minimum absolute atomic E-state index is 0.0826. The molecule has 2 aliphatic rings.